The molecule has 58 valence electrons. The highest BCUT2D eigenvalue weighted by atomic mass is 35.5. The number of anilines is 1. The van der Waals surface area contributed by atoms with Crippen molar-refractivity contribution in [1.29, 1.82) is 0 Å². The molecule has 0 fully saturated rings. The molecule has 5 heteroatoms. The Hall–Kier alpha value is -1.16. The quantitative estimate of drug-likeness (QED) is 0.420. The summed E-state index contributed by atoms with van der Waals surface area (Å²) in [7, 11) is 1.58. The Labute approximate surface area is 69.3 Å². The predicted molar refractivity (Wildman–Crippen MR) is 43.6 cm³/mol. The summed E-state index contributed by atoms with van der Waals surface area (Å²) in [6.45, 7) is 0. The lowest BCUT2D eigenvalue weighted by Crippen LogP contribution is -1.86. The van der Waals surface area contributed by atoms with Gasteiger partial charge < -0.3 is 0 Å². The molecule has 0 bridgehead atoms. The van der Waals surface area contributed by atoms with Crippen molar-refractivity contribution in [1.82, 2.24) is 4.98 Å². The number of pyridine rings is 1. The molecule has 0 saturated heterocycles. The number of nitrogens with one attached hydrogen (secondary N) is 1. The molecule has 0 aromatic carbocycles. The minimum atomic E-state index is 0.462. The first kappa shape index (κ1) is 7.94. The van der Waals surface area contributed by atoms with Crippen LogP contribution in [-0.2, 0) is 0 Å². The van der Waals surface area contributed by atoms with E-state index in [0.717, 1.165) is 5.69 Å². The van der Waals surface area contributed by atoms with Gasteiger partial charge in [-0.2, -0.15) is 5.11 Å². The lowest BCUT2D eigenvalue weighted by molar-refractivity contribution is 1.08. The third kappa shape index (κ3) is 2.51. The van der Waals surface area contributed by atoms with Gasteiger partial charge in [-0.25, -0.2) is 4.98 Å². The SMILES string of the molecule is CN=NNc1ccc(Cl)nc1. The molecule has 1 rings (SSSR count). The average molecular weight is 171 g/mol. The Kier molecular flexibility index (Phi) is 2.80. The fourth-order valence-corrected chi connectivity index (χ4v) is 0.661. The van der Waals surface area contributed by atoms with Gasteiger partial charge in [0.2, 0.25) is 0 Å². The Morgan fingerprint density at radius 2 is 2.36 bits per heavy atom. The standard InChI is InChI=1S/C6H7ClN4/c1-8-11-10-5-2-3-6(7)9-4-5/h2-4H,1H3,(H,8,10). The van der Waals surface area contributed by atoms with Gasteiger partial charge in [-0.05, 0) is 12.1 Å². The Bertz CT molecular complexity index is 243. The van der Waals surface area contributed by atoms with Crippen molar-refractivity contribution >= 4 is 17.3 Å². The number of hydrogen-bond acceptors (Lipinski definition) is 3. The molecule has 0 spiro atoms. The van der Waals surface area contributed by atoms with Crippen LogP contribution in [0.25, 0.3) is 0 Å². The molecule has 4 nitrogen and oxygen atoms in total. The highest BCUT2D eigenvalue weighted by molar-refractivity contribution is 6.29. The molecule has 0 radical (unpaired) electrons. The zero-order valence-corrected chi connectivity index (χ0v) is 6.71. The van der Waals surface area contributed by atoms with E-state index in [1.165, 1.54) is 0 Å². The van der Waals surface area contributed by atoms with Crippen molar-refractivity contribution in [2.45, 2.75) is 0 Å². The first-order valence-corrected chi connectivity index (χ1v) is 3.37. The molecule has 0 aliphatic heterocycles. The van der Waals surface area contributed by atoms with Crippen molar-refractivity contribution in [3.63, 3.8) is 0 Å². The van der Waals surface area contributed by atoms with Crippen LogP contribution in [0, 0.1) is 0 Å². The fraction of sp³-hybridized carbons (Fsp3) is 0.167. The largest absolute Gasteiger partial charge is 0.259 e. The van der Waals surface area contributed by atoms with Gasteiger partial charge in [-0.15, -0.1) is 0 Å². The molecule has 1 heterocycles. The molecule has 1 aromatic rings. The van der Waals surface area contributed by atoms with Gasteiger partial charge in [0.25, 0.3) is 0 Å². The third-order valence-corrected chi connectivity index (χ3v) is 1.23. The van der Waals surface area contributed by atoms with Crippen LogP contribution < -0.4 is 5.43 Å². The maximum Gasteiger partial charge on any atom is 0.129 e. The monoisotopic (exact) mass is 170 g/mol. The van der Waals surface area contributed by atoms with Crippen LogP contribution in [0.15, 0.2) is 28.7 Å². The molecule has 0 atom stereocenters. The van der Waals surface area contributed by atoms with Gasteiger partial charge in [-0.3, -0.25) is 5.43 Å². The molecule has 0 aliphatic carbocycles. The normalized spacial score (nSPS) is 10.4. The van der Waals surface area contributed by atoms with Crippen molar-refractivity contribution < 1.29 is 0 Å². The van der Waals surface area contributed by atoms with Crippen LogP contribution in [0.1, 0.15) is 0 Å². The number of nitrogens with zero attached hydrogens (tertiary/aromatic N) is 3. The highest BCUT2D eigenvalue weighted by Gasteiger charge is 1.89. The van der Waals surface area contributed by atoms with Crippen LogP contribution in [0.4, 0.5) is 5.69 Å². The summed E-state index contributed by atoms with van der Waals surface area (Å²) in [5, 5.41) is 7.53. The van der Waals surface area contributed by atoms with E-state index in [1.54, 1.807) is 25.4 Å². The first-order chi connectivity index (χ1) is 5.33. The van der Waals surface area contributed by atoms with Gasteiger partial charge in [0.1, 0.15) is 5.15 Å². The number of aromatic nitrogens is 1. The summed E-state index contributed by atoms with van der Waals surface area (Å²) in [6.07, 6.45) is 1.58. The summed E-state index contributed by atoms with van der Waals surface area (Å²) in [5.74, 6) is 0. The molecule has 0 amide bonds. The van der Waals surface area contributed by atoms with Gasteiger partial charge >= 0.3 is 0 Å². The second kappa shape index (κ2) is 3.88. The summed E-state index contributed by atoms with van der Waals surface area (Å²) in [5.41, 5.74) is 3.42. The fourth-order valence-electron chi connectivity index (χ4n) is 0.550. The van der Waals surface area contributed by atoms with Gasteiger partial charge in [0, 0.05) is 0 Å². The Morgan fingerprint density at radius 1 is 1.55 bits per heavy atom. The van der Waals surface area contributed by atoms with Crippen LogP contribution >= 0.6 is 11.6 Å². The van der Waals surface area contributed by atoms with E-state index in [1.807, 2.05) is 0 Å². The van der Waals surface area contributed by atoms with E-state index in [0.29, 0.717) is 5.15 Å². The van der Waals surface area contributed by atoms with Gasteiger partial charge in [0.05, 0.1) is 18.9 Å². The third-order valence-electron chi connectivity index (χ3n) is 1.01. The van der Waals surface area contributed by atoms with E-state index in [-0.39, 0.29) is 0 Å². The van der Waals surface area contributed by atoms with Crippen molar-refractivity contribution in [2.75, 3.05) is 12.5 Å². The van der Waals surface area contributed by atoms with Crippen LogP contribution in [0.3, 0.4) is 0 Å². The lowest BCUT2D eigenvalue weighted by atomic mass is 10.4. The molecular weight excluding hydrogens is 164 g/mol. The molecular formula is C6H7ClN4. The molecule has 0 saturated carbocycles. The average Bonchev–Trinajstić information content (AvgIpc) is 2.04. The predicted octanol–water partition coefficient (Wildman–Crippen LogP) is 2.14. The second-order valence-electron chi connectivity index (χ2n) is 1.78. The van der Waals surface area contributed by atoms with Crippen molar-refractivity contribution in [3.8, 4) is 0 Å². The Balaban J connectivity index is 2.66. The molecule has 0 aliphatic rings. The van der Waals surface area contributed by atoms with Crippen LogP contribution in [0.5, 0.6) is 0 Å². The minimum absolute atomic E-state index is 0.462. The molecule has 1 N–H and O–H groups in total. The van der Waals surface area contributed by atoms with Crippen LogP contribution in [0.2, 0.25) is 5.15 Å². The van der Waals surface area contributed by atoms with E-state index in [4.69, 9.17) is 11.6 Å². The molecule has 0 unspecified atom stereocenters. The van der Waals surface area contributed by atoms with E-state index in [9.17, 15) is 0 Å². The minimum Gasteiger partial charge on any atom is -0.259 e. The van der Waals surface area contributed by atoms with Gasteiger partial charge in [-0.1, -0.05) is 16.8 Å². The molecule has 1 aromatic heterocycles. The van der Waals surface area contributed by atoms with Gasteiger partial charge in [0.15, 0.2) is 0 Å². The maximum atomic E-state index is 5.55. The number of rotatable bonds is 2. The summed E-state index contributed by atoms with van der Waals surface area (Å²) in [4.78, 5) is 3.83. The number of halogens is 1. The summed E-state index contributed by atoms with van der Waals surface area (Å²) >= 11 is 5.55. The van der Waals surface area contributed by atoms with E-state index in [2.05, 4.69) is 20.7 Å². The van der Waals surface area contributed by atoms with Crippen LogP contribution in [-0.4, -0.2) is 12.0 Å². The lowest BCUT2D eigenvalue weighted by Gasteiger charge is -1.95. The van der Waals surface area contributed by atoms with E-state index >= 15 is 0 Å². The topological polar surface area (TPSA) is 49.6 Å². The smallest absolute Gasteiger partial charge is 0.129 e. The molecule has 11 heavy (non-hydrogen) atoms. The Morgan fingerprint density at radius 3 is 2.91 bits per heavy atom. The summed E-state index contributed by atoms with van der Waals surface area (Å²) in [6, 6.07) is 3.44. The highest BCUT2D eigenvalue weighted by Crippen LogP contribution is 2.08. The maximum absolute atomic E-state index is 5.55. The first-order valence-electron chi connectivity index (χ1n) is 2.99. The summed E-state index contributed by atoms with van der Waals surface area (Å²) < 4.78 is 0. The van der Waals surface area contributed by atoms with Crippen molar-refractivity contribution in [3.05, 3.63) is 23.5 Å². The van der Waals surface area contributed by atoms with E-state index < -0.39 is 0 Å². The zero-order chi connectivity index (χ0) is 8.10. The van der Waals surface area contributed by atoms with Crippen molar-refractivity contribution in [2.24, 2.45) is 10.3 Å². The second-order valence-corrected chi connectivity index (χ2v) is 2.17. The zero-order valence-electron chi connectivity index (χ0n) is 5.95. The number of hydrogen-bond donors (Lipinski definition) is 1.